The maximum absolute atomic E-state index is 10.2. The van der Waals surface area contributed by atoms with Crippen molar-refractivity contribution >= 4 is 33.4 Å². The molecule has 0 spiro atoms. The number of nitrogen functional groups attached to an aromatic ring is 1. The first-order chi connectivity index (χ1) is 7.18. The van der Waals surface area contributed by atoms with E-state index in [4.69, 9.17) is 5.73 Å². The highest BCUT2D eigenvalue weighted by molar-refractivity contribution is 9.10. The molecule has 2 atom stereocenters. The number of nitrogens with two attached hydrogens (primary N) is 1. The summed E-state index contributed by atoms with van der Waals surface area (Å²) in [6.45, 7) is 0. The molecular weight excluding hydrogens is 274 g/mol. The van der Waals surface area contributed by atoms with E-state index >= 15 is 0 Å². The van der Waals surface area contributed by atoms with Crippen LogP contribution in [0.25, 0.3) is 0 Å². The van der Waals surface area contributed by atoms with E-state index in [2.05, 4.69) is 15.9 Å². The van der Waals surface area contributed by atoms with E-state index in [-0.39, 0.29) is 0 Å². The third-order valence-electron chi connectivity index (χ3n) is 2.78. The fourth-order valence-electron chi connectivity index (χ4n) is 1.86. The topological polar surface area (TPSA) is 46.2 Å². The Morgan fingerprint density at radius 3 is 3.00 bits per heavy atom. The quantitative estimate of drug-likeness (QED) is 0.823. The average molecular weight is 288 g/mol. The SMILES string of the molecule is Nc1ccc(Br)cc1C(O)C1CCSC1. The van der Waals surface area contributed by atoms with Gasteiger partial charge in [-0.3, -0.25) is 0 Å². The van der Waals surface area contributed by atoms with Gasteiger partial charge in [0.05, 0.1) is 6.10 Å². The molecule has 1 aromatic rings. The highest BCUT2D eigenvalue weighted by atomic mass is 79.9. The Balaban J connectivity index is 2.23. The van der Waals surface area contributed by atoms with E-state index < -0.39 is 6.10 Å². The van der Waals surface area contributed by atoms with Crippen molar-refractivity contribution < 1.29 is 5.11 Å². The summed E-state index contributed by atoms with van der Waals surface area (Å²) in [5.74, 6) is 2.54. The van der Waals surface area contributed by atoms with Crippen molar-refractivity contribution in [1.29, 1.82) is 0 Å². The van der Waals surface area contributed by atoms with E-state index in [1.165, 1.54) is 0 Å². The first-order valence-corrected chi connectivity index (χ1v) is 6.94. The number of hydrogen-bond acceptors (Lipinski definition) is 3. The van der Waals surface area contributed by atoms with Crippen molar-refractivity contribution in [3.8, 4) is 0 Å². The van der Waals surface area contributed by atoms with Gasteiger partial charge in [-0.05, 0) is 42.0 Å². The normalized spacial score (nSPS) is 22.9. The lowest BCUT2D eigenvalue weighted by atomic mass is 9.94. The number of hydrogen-bond donors (Lipinski definition) is 2. The lowest BCUT2D eigenvalue weighted by molar-refractivity contribution is 0.122. The number of thioether (sulfide) groups is 1. The molecule has 0 radical (unpaired) electrons. The zero-order valence-electron chi connectivity index (χ0n) is 8.32. The van der Waals surface area contributed by atoms with E-state index in [0.717, 1.165) is 28.0 Å². The van der Waals surface area contributed by atoms with Gasteiger partial charge < -0.3 is 10.8 Å². The molecular formula is C11H14BrNOS. The Bertz CT molecular complexity index is 352. The molecule has 82 valence electrons. The molecule has 0 amide bonds. The minimum Gasteiger partial charge on any atom is -0.398 e. The second-order valence-electron chi connectivity index (χ2n) is 3.84. The molecule has 0 bridgehead atoms. The minimum absolute atomic E-state index is 0.353. The number of rotatable bonds is 2. The maximum atomic E-state index is 10.2. The first-order valence-electron chi connectivity index (χ1n) is 4.99. The summed E-state index contributed by atoms with van der Waals surface area (Å²) < 4.78 is 0.969. The van der Waals surface area contributed by atoms with Crippen LogP contribution in [0.2, 0.25) is 0 Å². The fourth-order valence-corrected chi connectivity index (χ4v) is 3.52. The fraction of sp³-hybridized carbons (Fsp3) is 0.455. The molecule has 1 saturated heterocycles. The van der Waals surface area contributed by atoms with Crippen LogP contribution in [-0.4, -0.2) is 16.6 Å². The van der Waals surface area contributed by atoms with Gasteiger partial charge in [0.15, 0.2) is 0 Å². The standard InChI is InChI=1S/C11H14BrNOS/c12-8-1-2-10(13)9(5-8)11(14)7-3-4-15-6-7/h1-2,5,7,11,14H,3-4,6,13H2. The molecule has 15 heavy (non-hydrogen) atoms. The Hall–Kier alpha value is -0.190. The molecule has 0 aliphatic carbocycles. The predicted molar refractivity (Wildman–Crippen MR) is 68.9 cm³/mol. The summed E-state index contributed by atoms with van der Waals surface area (Å²) in [6, 6.07) is 5.66. The number of benzene rings is 1. The maximum Gasteiger partial charge on any atom is 0.0846 e. The zero-order chi connectivity index (χ0) is 10.8. The van der Waals surface area contributed by atoms with E-state index in [1.54, 1.807) is 0 Å². The monoisotopic (exact) mass is 287 g/mol. The van der Waals surface area contributed by atoms with Crippen LogP contribution >= 0.6 is 27.7 Å². The van der Waals surface area contributed by atoms with Crippen LogP contribution in [0.1, 0.15) is 18.1 Å². The summed E-state index contributed by atoms with van der Waals surface area (Å²) >= 11 is 5.30. The van der Waals surface area contributed by atoms with Gasteiger partial charge in [-0.25, -0.2) is 0 Å². The van der Waals surface area contributed by atoms with Crippen LogP contribution < -0.4 is 5.73 Å². The van der Waals surface area contributed by atoms with Gasteiger partial charge in [-0.2, -0.15) is 11.8 Å². The van der Waals surface area contributed by atoms with Crippen LogP contribution in [0.5, 0.6) is 0 Å². The largest absolute Gasteiger partial charge is 0.398 e. The number of halogens is 1. The predicted octanol–water partition coefficient (Wildman–Crippen LogP) is 2.82. The zero-order valence-corrected chi connectivity index (χ0v) is 10.7. The van der Waals surface area contributed by atoms with Crippen LogP contribution in [0.3, 0.4) is 0 Å². The number of aliphatic hydroxyl groups is 1. The van der Waals surface area contributed by atoms with Crippen LogP contribution in [0.4, 0.5) is 5.69 Å². The smallest absolute Gasteiger partial charge is 0.0846 e. The highest BCUT2D eigenvalue weighted by Gasteiger charge is 2.26. The molecule has 2 rings (SSSR count). The van der Waals surface area contributed by atoms with Crippen molar-refractivity contribution in [3.63, 3.8) is 0 Å². The van der Waals surface area contributed by atoms with Gasteiger partial charge >= 0.3 is 0 Å². The van der Waals surface area contributed by atoms with Gasteiger partial charge in [-0.1, -0.05) is 15.9 Å². The molecule has 0 aromatic heterocycles. The number of aliphatic hydroxyl groups excluding tert-OH is 1. The molecule has 1 aliphatic rings. The van der Waals surface area contributed by atoms with Crippen LogP contribution in [0.15, 0.2) is 22.7 Å². The number of anilines is 1. The van der Waals surface area contributed by atoms with E-state index in [9.17, 15) is 5.11 Å². The molecule has 2 unspecified atom stereocenters. The Morgan fingerprint density at radius 2 is 2.33 bits per heavy atom. The van der Waals surface area contributed by atoms with Crippen molar-refractivity contribution in [3.05, 3.63) is 28.2 Å². The third kappa shape index (κ3) is 2.49. The Kier molecular flexibility index (Phi) is 3.59. The summed E-state index contributed by atoms with van der Waals surface area (Å²) in [5, 5.41) is 10.2. The molecule has 1 aromatic carbocycles. The molecule has 2 nitrogen and oxygen atoms in total. The summed E-state index contributed by atoms with van der Waals surface area (Å²) in [5.41, 5.74) is 7.41. The lowest BCUT2D eigenvalue weighted by Gasteiger charge is -2.19. The van der Waals surface area contributed by atoms with Crippen molar-refractivity contribution in [2.24, 2.45) is 5.92 Å². The third-order valence-corrected chi connectivity index (χ3v) is 4.46. The van der Waals surface area contributed by atoms with Gasteiger partial charge in [0.1, 0.15) is 0 Å². The molecule has 3 N–H and O–H groups in total. The molecule has 1 aliphatic heterocycles. The van der Waals surface area contributed by atoms with Crippen molar-refractivity contribution in [2.45, 2.75) is 12.5 Å². The highest BCUT2D eigenvalue weighted by Crippen LogP contribution is 2.36. The Morgan fingerprint density at radius 1 is 1.53 bits per heavy atom. The van der Waals surface area contributed by atoms with Crippen LogP contribution in [0, 0.1) is 5.92 Å². The Labute approximate surface area is 102 Å². The second kappa shape index (κ2) is 4.76. The van der Waals surface area contributed by atoms with Gasteiger partial charge in [0, 0.05) is 15.7 Å². The second-order valence-corrected chi connectivity index (χ2v) is 5.91. The van der Waals surface area contributed by atoms with Gasteiger partial charge in [0.25, 0.3) is 0 Å². The van der Waals surface area contributed by atoms with E-state index in [1.807, 2.05) is 30.0 Å². The molecule has 1 fully saturated rings. The van der Waals surface area contributed by atoms with Gasteiger partial charge in [-0.15, -0.1) is 0 Å². The van der Waals surface area contributed by atoms with Crippen molar-refractivity contribution in [1.82, 2.24) is 0 Å². The van der Waals surface area contributed by atoms with Crippen LogP contribution in [-0.2, 0) is 0 Å². The first kappa shape index (κ1) is 11.3. The lowest BCUT2D eigenvalue weighted by Crippen LogP contribution is -2.13. The molecule has 1 heterocycles. The summed E-state index contributed by atoms with van der Waals surface area (Å²) in [6.07, 6.45) is 0.662. The van der Waals surface area contributed by atoms with Gasteiger partial charge in [0.2, 0.25) is 0 Å². The summed E-state index contributed by atoms with van der Waals surface area (Å²) in [7, 11) is 0. The van der Waals surface area contributed by atoms with Crippen molar-refractivity contribution in [2.75, 3.05) is 17.2 Å². The molecule has 4 heteroatoms. The average Bonchev–Trinajstić information content (AvgIpc) is 2.74. The van der Waals surface area contributed by atoms with E-state index in [0.29, 0.717) is 11.6 Å². The minimum atomic E-state index is -0.419. The molecule has 0 saturated carbocycles. The summed E-state index contributed by atoms with van der Waals surface area (Å²) in [4.78, 5) is 0.